The van der Waals surface area contributed by atoms with E-state index >= 15 is 0 Å². The second kappa shape index (κ2) is 3.85. The standard InChI is InChI=1S/C9H11NO2/c1-7(11)8-4-3-5-10-9(6-8)12-2/h3-5H,6H2,1-2H3. The van der Waals surface area contributed by atoms with Gasteiger partial charge in [0.25, 0.3) is 0 Å². The molecule has 1 aliphatic rings. The Hall–Kier alpha value is -1.38. The number of ether oxygens (including phenoxy) is 1. The summed E-state index contributed by atoms with van der Waals surface area (Å²) < 4.78 is 4.96. The van der Waals surface area contributed by atoms with Crippen LogP contribution in [0.15, 0.2) is 28.9 Å². The molecule has 0 amide bonds. The van der Waals surface area contributed by atoms with Gasteiger partial charge in [0, 0.05) is 11.8 Å². The maximum absolute atomic E-state index is 11.0. The van der Waals surface area contributed by atoms with Crippen LogP contribution in [0, 0.1) is 0 Å². The van der Waals surface area contributed by atoms with Gasteiger partial charge in [0.1, 0.15) is 0 Å². The van der Waals surface area contributed by atoms with E-state index in [9.17, 15) is 4.79 Å². The van der Waals surface area contributed by atoms with Gasteiger partial charge >= 0.3 is 0 Å². The van der Waals surface area contributed by atoms with Gasteiger partial charge in [-0.05, 0) is 13.0 Å². The fourth-order valence-electron chi connectivity index (χ4n) is 0.920. The van der Waals surface area contributed by atoms with Crippen LogP contribution in [-0.4, -0.2) is 18.8 Å². The molecule has 0 aliphatic carbocycles. The quantitative estimate of drug-likeness (QED) is 0.590. The minimum absolute atomic E-state index is 0.0614. The fourth-order valence-corrected chi connectivity index (χ4v) is 0.920. The van der Waals surface area contributed by atoms with Crippen molar-refractivity contribution in [3.8, 4) is 0 Å². The first-order valence-corrected chi connectivity index (χ1v) is 3.71. The zero-order chi connectivity index (χ0) is 8.97. The van der Waals surface area contributed by atoms with Crippen LogP contribution in [0.3, 0.4) is 0 Å². The predicted molar refractivity (Wildman–Crippen MR) is 47.0 cm³/mol. The number of allylic oxidation sites excluding steroid dienone is 2. The summed E-state index contributed by atoms with van der Waals surface area (Å²) in [5.74, 6) is 0.636. The van der Waals surface area contributed by atoms with Gasteiger partial charge in [-0.3, -0.25) is 4.79 Å². The van der Waals surface area contributed by atoms with Crippen molar-refractivity contribution in [2.75, 3.05) is 7.11 Å². The van der Waals surface area contributed by atoms with Crippen molar-refractivity contribution >= 4 is 11.7 Å². The van der Waals surface area contributed by atoms with E-state index in [1.54, 1.807) is 25.5 Å². The number of aliphatic imine (C=N–C) groups is 1. The van der Waals surface area contributed by atoms with E-state index in [-0.39, 0.29) is 5.78 Å². The van der Waals surface area contributed by atoms with Gasteiger partial charge in [-0.1, -0.05) is 6.08 Å². The Kier molecular flexibility index (Phi) is 2.80. The molecule has 3 heteroatoms. The van der Waals surface area contributed by atoms with Gasteiger partial charge < -0.3 is 4.74 Å². The maximum Gasteiger partial charge on any atom is 0.192 e. The summed E-state index contributed by atoms with van der Waals surface area (Å²) in [5, 5.41) is 0. The molecule has 0 fully saturated rings. The normalized spacial score (nSPS) is 16.2. The van der Waals surface area contributed by atoms with Crippen molar-refractivity contribution < 1.29 is 9.53 Å². The van der Waals surface area contributed by atoms with Gasteiger partial charge in [0.2, 0.25) is 0 Å². The number of hydrogen-bond donors (Lipinski definition) is 0. The van der Waals surface area contributed by atoms with Gasteiger partial charge in [-0.25, -0.2) is 4.99 Å². The SMILES string of the molecule is COC1=NC=CC=C(C(C)=O)C1. The van der Waals surface area contributed by atoms with E-state index in [1.165, 1.54) is 6.92 Å². The number of hydrogen-bond acceptors (Lipinski definition) is 3. The molecule has 64 valence electrons. The monoisotopic (exact) mass is 165 g/mol. The third kappa shape index (κ3) is 2.05. The number of carbonyl (C=O) groups excluding carboxylic acids is 1. The van der Waals surface area contributed by atoms with Crippen molar-refractivity contribution in [1.82, 2.24) is 0 Å². The molecule has 0 saturated carbocycles. The van der Waals surface area contributed by atoms with E-state index in [1.807, 2.05) is 0 Å². The first kappa shape index (κ1) is 8.71. The Morgan fingerprint density at radius 1 is 1.67 bits per heavy atom. The molecule has 0 aromatic heterocycles. The first-order chi connectivity index (χ1) is 5.74. The second-order valence-electron chi connectivity index (χ2n) is 2.49. The number of rotatable bonds is 1. The highest BCUT2D eigenvalue weighted by Gasteiger charge is 2.08. The molecule has 0 saturated heterocycles. The highest BCUT2D eigenvalue weighted by Crippen LogP contribution is 2.08. The molecule has 12 heavy (non-hydrogen) atoms. The van der Waals surface area contributed by atoms with Crippen LogP contribution in [0.2, 0.25) is 0 Å². The Bertz CT molecular complexity index is 274. The molecule has 0 unspecified atom stereocenters. The van der Waals surface area contributed by atoms with Crippen molar-refractivity contribution in [2.45, 2.75) is 13.3 Å². The van der Waals surface area contributed by atoms with Crippen LogP contribution in [0.5, 0.6) is 0 Å². The van der Waals surface area contributed by atoms with Crippen LogP contribution in [-0.2, 0) is 9.53 Å². The van der Waals surface area contributed by atoms with Crippen molar-refractivity contribution in [1.29, 1.82) is 0 Å². The molecule has 0 atom stereocenters. The van der Waals surface area contributed by atoms with Gasteiger partial charge in [0.15, 0.2) is 11.7 Å². The average Bonchev–Trinajstić information content (AvgIpc) is 2.28. The lowest BCUT2D eigenvalue weighted by molar-refractivity contribution is -0.113. The zero-order valence-corrected chi connectivity index (χ0v) is 7.20. The fraction of sp³-hybridized carbons (Fsp3) is 0.333. The smallest absolute Gasteiger partial charge is 0.192 e. The summed E-state index contributed by atoms with van der Waals surface area (Å²) in [4.78, 5) is 15.0. The maximum atomic E-state index is 11.0. The Morgan fingerprint density at radius 2 is 2.42 bits per heavy atom. The van der Waals surface area contributed by atoms with Crippen LogP contribution in [0.4, 0.5) is 0 Å². The predicted octanol–water partition coefficient (Wildman–Crippen LogP) is 1.46. The molecule has 0 aromatic rings. The van der Waals surface area contributed by atoms with Crippen LogP contribution in [0.25, 0.3) is 0 Å². The molecule has 1 rings (SSSR count). The Labute approximate surface area is 71.4 Å². The molecule has 0 radical (unpaired) electrons. The summed E-state index contributed by atoms with van der Waals surface area (Å²) >= 11 is 0. The van der Waals surface area contributed by atoms with E-state index in [0.717, 1.165) is 5.57 Å². The van der Waals surface area contributed by atoms with E-state index in [0.29, 0.717) is 12.3 Å². The summed E-state index contributed by atoms with van der Waals surface area (Å²) in [6, 6.07) is 0. The van der Waals surface area contributed by atoms with E-state index in [2.05, 4.69) is 4.99 Å². The molecule has 0 aromatic carbocycles. The minimum atomic E-state index is 0.0614. The molecular weight excluding hydrogens is 154 g/mol. The molecule has 1 heterocycles. The lowest BCUT2D eigenvalue weighted by atomic mass is 10.1. The Morgan fingerprint density at radius 3 is 3.00 bits per heavy atom. The van der Waals surface area contributed by atoms with Crippen LogP contribution < -0.4 is 0 Å². The van der Waals surface area contributed by atoms with Crippen molar-refractivity contribution in [3.05, 3.63) is 23.9 Å². The minimum Gasteiger partial charge on any atom is -0.484 e. The summed E-state index contributed by atoms with van der Waals surface area (Å²) in [6.07, 6.45) is 5.61. The van der Waals surface area contributed by atoms with Crippen LogP contribution in [0.1, 0.15) is 13.3 Å². The number of Topliss-reactive ketones (excluding diaryl/α,β-unsaturated/α-hetero) is 1. The molecule has 0 bridgehead atoms. The van der Waals surface area contributed by atoms with Crippen molar-refractivity contribution in [3.63, 3.8) is 0 Å². The van der Waals surface area contributed by atoms with Gasteiger partial charge in [-0.2, -0.15) is 0 Å². The topological polar surface area (TPSA) is 38.7 Å². The highest BCUT2D eigenvalue weighted by molar-refractivity contribution is 5.99. The average molecular weight is 165 g/mol. The number of nitrogens with zero attached hydrogens (tertiary/aromatic N) is 1. The summed E-state index contributed by atoms with van der Waals surface area (Å²) in [5.41, 5.74) is 0.726. The molecular formula is C9H11NO2. The molecule has 0 spiro atoms. The zero-order valence-electron chi connectivity index (χ0n) is 7.20. The summed E-state index contributed by atoms with van der Waals surface area (Å²) in [6.45, 7) is 1.54. The number of methoxy groups -OCH3 is 1. The highest BCUT2D eigenvalue weighted by atomic mass is 16.5. The molecule has 1 aliphatic heterocycles. The van der Waals surface area contributed by atoms with E-state index in [4.69, 9.17) is 4.74 Å². The third-order valence-corrected chi connectivity index (χ3v) is 1.63. The van der Waals surface area contributed by atoms with E-state index < -0.39 is 0 Å². The lowest BCUT2D eigenvalue weighted by Crippen LogP contribution is -2.06. The lowest BCUT2D eigenvalue weighted by Gasteiger charge is -2.02. The Balaban J connectivity index is 2.82. The first-order valence-electron chi connectivity index (χ1n) is 3.71. The molecule has 3 nitrogen and oxygen atoms in total. The number of ketones is 1. The van der Waals surface area contributed by atoms with Crippen molar-refractivity contribution in [2.24, 2.45) is 4.99 Å². The second-order valence-corrected chi connectivity index (χ2v) is 2.49. The largest absolute Gasteiger partial charge is 0.484 e. The number of carbonyl (C=O) groups is 1. The third-order valence-electron chi connectivity index (χ3n) is 1.63. The van der Waals surface area contributed by atoms with Gasteiger partial charge in [-0.15, -0.1) is 0 Å². The molecule has 0 N–H and O–H groups in total. The van der Waals surface area contributed by atoms with Crippen LogP contribution >= 0.6 is 0 Å². The summed E-state index contributed by atoms with van der Waals surface area (Å²) in [7, 11) is 1.55. The van der Waals surface area contributed by atoms with Gasteiger partial charge in [0.05, 0.1) is 13.5 Å².